The van der Waals surface area contributed by atoms with Crippen molar-refractivity contribution in [3.8, 4) is 5.75 Å². The minimum absolute atomic E-state index is 0.0607. The monoisotopic (exact) mass is 345 g/mol. The number of imidazole rings is 1. The van der Waals surface area contributed by atoms with Crippen LogP contribution in [-0.4, -0.2) is 27.3 Å². The number of nitrogens with two attached hydrogens (primary N) is 1. The molecule has 0 unspecified atom stereocenters. The largest absolute Gasteiger partial charge is 0.496 e. The number of para-hydroxylation sites is 1. The van der Waals surface area contributed by atoms with Crippen molar-refractivity contribution >= 4 is 33.9 Å². The number of esters is 1. The topological polar surface area (TPSA) is 110 Å². The van der Waals surface area contributed by atoms with Gasteiger partial charge in [0.05, 0.1) is 18.1 Å². The van der Waals surface area contributed by atoms with E-state index in [0.29, 0.717) is 38.5 Å². The molecule has 0 aliphatic rings. The lowest BCUT2D eigenvalue weighted by atomic mass is 10.1. The number of carbonyl (C=O) groups excluding carboxylic acids is 1. The first kappa shape index (κ1) is 15.9. The molecule has 3 rings (SSSR count). The minimum Gasteiger partial charge on any atom is -0.496 e. The molecule has 4 N–H and O–H groups in total. The van der Waals surface area contributed by atoms with Gasteiger partial charge in [-0.1, -0.05) is 18.2 Å². The van der Waals surface area contributed by atoms with Crippen LogP contribution in [0.1, 0.15) is 15.9 Å². The van der Waals surface area contributed by atoms with Gasteiger partial charge in [0.15, 0.2) is 0 Å². The standard InChI is InChI=1S/C16H15N3O4S/c1-22-14-7-13-12(18-16(19-13)24-21)6-10(14)15(20)23-8-9-4-2-3-5-11(9)17/h2-7,18-19H,8,17H2,1H3. The number of benzene rings is 2. The maximum atomic E-state index is 12.4. The number of carbonyl (C=O) groups is 1. The Balaban J connectivity index is 1.91. The van der Waals surface area contributed by atoms with E-state index >= 15 is 0 Å². The van der Waals surface area contributed by atoms with Crippen molar-refractivity contribution in [3.63, 3.8) is 0 Å². The maximum Gasteiger partial charge on any atom is 0.342 e. The maximum absolute atomic E-state index is 12.4. The van der Waals surface area contributed by atoms with Gasteiger partial charge in [0.2, 0.25) is 4.77 Å². The fraction of sp³-hybridized carbons (Fsp3) is 0.125. The Bertz CT molecular complexity index is 1000. The van der Waals surface area contributed by atoms with Crippen LogP contribution in [0, 0.1) is 4.77 Å². The zero-order chi connectivity index (χ0) is 17.1. The molecule has 0 aliphatic heterocycles. The normalized spacial score (nSPS) is 10.5. The summed E-state index contributed by atoms with van der Waals surface area (Å²) in [6, 6.07) is 10.4. The number of methoxy groups -OCH3 is 1. The highest BCUT2D eigenvalue weighted by Crippen LogP contribution is 2.25. The number of nitrogen functional groups attached to an aromatic ring is 1. The zero-order valence-corrected chi connectivity index (χ0v) is 13.6. The lowest BCUT2D eigenvalue weighted by molar-refractivity contribution is 0.0470. The summed E-state index contributed by atoms with van der Waals surface area (Å²) in [4.78, 5) is 18.2. The van der Waals surface area contributed by atoms with E-state index in [0.717, 1.165) is 5.56 Å². The van der Waals surface area contributed by atoms with Crippen molar-refractivity contribution in [1.82, 2.24) is 9.97 Å². The molecule has 0 saturated heterocycles. The van der Waals surface area contributed by atoms with Crippen LogP contribution in [0.25, 0.3) is 11.0 Å². The molecular formula is C16H15N3O4S. The molecule has 0 saturated carbocycles. The van der Waals surface area contributed by atoms with Gasteiger partial charge in [-0.15, -0.1) is 0 Å². The molecule has 0 radical (unpaired) electrons. The van der Waals surface area contributed by atoms with E-state index in [9.17, 15) is 9.00 Å². The van der Waals surface area contributed by atoms with Gasteiger partial charge in [-0.05, 0) is 12.1 Å². The predicted octanol–water partition coefficient (Wildman–Crippen LogP) is 2.19. The summed E-state index contributed by atoms with van der Waals surface area (Å²) in [7, 11) is 1.46. The van der Waals surface area contributed by atoms with Gasteiger partial charge in [-0.3, -0.25) is 0 Å². The van der Waals surface area contributed by atoms with E-state index in [4.69, 9.17) is 15.2 Å². The highest BCUT2D eigenvalue weighted by atomic mass is 32.1. The minimum atomic E-state index is -0.539. The average Bonchev–Trinajstić information content (AvgIpc) is 3.01. The molecule has 2 aromatic carbocycles. The molecular weight excluding hydrogens is 330 g/mol. The molecule has 0 atom stereocenters. The molecule has 7 nitrogen and oxygen atoms in total. The van der Waals surface area contributed by atoms with E-state index < -0.39 is 5.97 Å². The number of rotatable bonds is 4. The summed E-state index contributed by atoms with van der Waals surface area (Å²) in [5.74, 6) is -0.186. The Labute approximate surface area is 140 Å². The number of anilines is 1. The molecule has 0 bridgehead atoms. The van der Waals surface area contributed by atoms with Gasteiger partial charge in [-0.2, -0.15) is 0 Å². The Hall–Kier alpha value is -3.00. The lowest BCUT2D eigenvalue weighted by Crippen LogP contribution is -2.08. The van der Waals surface area contributed by atoms with E-state index in [1.165, 1.54) is 7.11 Å². The summed E-state index contributed by atoms with van der Waals surface area (Å²) in [5.41, 5.74) is 8.66. The number of aromatic amines is 2. The van der Waals surface area contributed by atoms with E-state index in [2.05, 4.69) is 9.97 Å². The molecule has 1 heterocycles. The third-order valence-electron chi connectivity index (χ3n) is 3.55. The fourth-order valence-electron chi connectivity index (χ4n) is 2.32. The van der Waals surface area contributed by atoms with Crippen molar-refractivity contribution in [2.75, 3.05) is 12.8 Å². The first-order chi connectivity index (χ1) is 11.6. The van der Waals surface area contributed by atoms with Crippen molar-refractivity contribution in [2.45, 2.75) is 6.61 Å². The Morgan fingerprint density at radius 3 is 2.58 bits per heavy atom. The number of ether oxygens (including phenoxy) is 2. The molecule has 0 spiro atoms. The summed E-state index contributed by atoms with van der Waals surface area (Å²) in [6.07, 6.45) is 0. The highest BCUT2D eigenvalue weighted by Gasteiger charge is 2.16. The lowest BCUT2D eigenvalue weighted by Gasteiger charge is -2.10. The summed E-state index contributed by atoms with van der Waals surface area (Å²) >= 11 is 0.299. The Kier molecular flexibility index (Phi) is 4.39. The SMILES string of the molecule is COc1cc2[nH]c(=S=O)[nH]c2cc1C(=O)OCc1ccccc1N. The van der Waals surface area contributed by atoms with E-state index in [-0.39, 0.29) is 12.2 Å². The fourth-order valence-corrected chi connectivity index (χ4v) is 2.62. The number of H-pyrrole nitrogens is 2. The van der Waals surface area contributed by atoms with Gasteiger partial charge in [0.25, 0.3) is 0 Å². The van der Waals surface area contributed by atoms with Crippen LogP contribution in [0.4, 0.5) is 5.69 Å². The van der Waals surface area contributed by atoms with Crippen molar-refractivity contribution < 1.29 is 18.5 Å². The second kappa shape index (κ2) is 6.63. The number of aromatic nitrogens is 2. The molecule has 24 heavy (non-hydrogen) atoms. The van der Waals surface area contributed by atoms with Crippen LogP contribution < -0.4 is 10.5 Å². The van der Waals surface area contributed by atoms with Gasteiger partial charge in [0.1, 0.15) is 29.2 Å². The quantitative estimate of drug-likeness (QED) is 0.381. The second-order valence-corrected chi connectivity index (χ2v) is 5.61. The van der Waals surface area contributed by atoms with Crippen LogP contribution in [0.2, 0.25) is 0 Å². The van der Waals surface area contributed by atoms with Crippen molar-refractivity contribution in [3.05, 3.63) is 52.3 Å². The van der Waals surface area contributed by atoms with Gasteiger partial charge < -0.3 is 25.2 Å². The Morgan fingerprint density at radius 2 is 1.92 bits per heavy atom. The van der Waals surface area contributed by atoms with Crippen molar-refractivity contribution in [2.24, 2.45) is 0 Å². The highest BCUT2D eigenvalue weighted by molar-refractivity contribution is 7.56. The molecule has 0 fully saturated rings. The Morgan fingerprint density at radius 1 is 1.21 bits per heavy atom. The number of fused-ring (bicyclic) bond motifs is 1. The summed E-state index contributed by atoms with van der Waals surface area (Å²) in [5, 5.41) is 0. The predicted molar refractivity (Wildman–Crippen MR) is 90.6 cm³/mol. The number of hydrogen-bond donors (Lipinski definition) is 3. The number of nitrogens with one attached hydrogen (secondary N) is 2. The van der Waals surface area contributed by atoms with Crippen LogP contribution in [0.15, 0.2) is 36.4 Å². The van der Waals surface area contributed by atoms with Gasteiger partial charge >= 0.3 is 5.97 Å². The van der Waals surface area contributed by atoms with Crippen LogP contribution in [-0.2, 0) is 22.6 Å². The van der Waals surface area contributed by atoms with E-state index in [1.807, 2.05) is 12.1 Å². The molecule has 1 aromatic heterocycles. The molecule has 8 heteroatoms. The molecule has 3 aromatic rings. The van der Waals surface area contributed by atoms with Crippen LogP contribution in [0.3, 0.4) is 0 Å². The zero-order valence-electron chi connectivity index (χ0n) is 12.8. The summed E-state index contributed by atoms with van der Waals surface area (Å²) < 4.78 is 21.8. The summed E-state index contributed by atoms with van der Waals surface area (Å²) in [6.45, 7) is 0.0607. The van der Waals surface area contributed by atoms with Crippen molar-refractivity contribution in [1.29, 1.82) is 0 Å². The average molecular weight is 345 g/mol. The van der Waals surface area contributed by atoms with Crippen LogP contribution in [0.5, 0.6) is 5.75 Å². The van der Waals surface area contributed by atoms with Gasteiger partial charge in [-0.25, -0.2) is 9.00 Å². The molecule has 0 amide bonds. The number of hydrogen-bond acceptors (Lipinski definition) is 5. The first-order valence-electron chi connectivity index (χ1n) is 7.05. The van der Waals surface area contributed by atoms with Crippen LogP contribution >= 0.6 is 0 Å². The smallest absolute Gasteiger partial charge is 0.342 e. The first-order valence-corrected chi connectivity index (χ1v) is 7.80. The van der Waals surface area contributed by atoms with Gasteiger partial charge in [0, 0.05) is 17.3 Å². The molecule has 0 aliphatic carbocycles. The van der Waals surface area contributed by atoms with E-state index in [1.54, 1.807) is 24.3 Å². The second-order valence-electron chi connectivity index (χ2n) is 5.04. The molecule has 124 valence electrons. The third kappa shape index (κ3) is 3.04. The third-order valence-corrected chi connectivity index (χ3v) is 3.92.